The Morgan fingerprint density at radius 2 is 2.17 bits per heavy atom. The minimum Gasteiger partial charge on any atom is -0.496 e. The zero-order chi connectivity index (χ0) is 20.4. The number of hydrogen-bond acceptors (Lipinski definition) is 6. The van der Waals surface area contributed by atoms with Crippen LogP contribution in [-0.2, 0) is 11.3 Å². The van der Waals surface area contributed by atoms with Crippen LogP contribution in [-0.4, -0.2) is 28.7 Å². The molecule has 0 saturated carbocycles. The third-order valence-corrected chi connectivity index (χ3v) is 7.02. The van der Waals surface area contributed by atoms with E-state index in [-0.39, 0.29) is 17.5 Å². The number of amides is 1. The SMILES string of the molecule is COc1ccc(Br)cc1CNC(=O)CSc1ncnc2c1sc1cccc(F)c12. The van der Waals surface area contributed by atoms with Crippen molar-refractivity contribution in [2.75, 3.05) is 12.9 Å². The van der Waals surface area contributed by atoms with Gasteiger partial charge < -0.3 is 10.1 Å². The molecule has 148 valence electrons. The number of hydrogen-bond donors (Lipinski definition) is 1. The summed E-state index contributed by atoms with van der Waals surface area (Å²) >= 11 is 6.17. The van der Waals surface area contributed by atoms with Crippen molar-refractivity contribution < 1.29 is 13.9 Å². The quantitative estimate of drug-likeness (QED) is 0.298. The van der Waals surface area contributed by atoms with Crippen molar-refractivity contribution in [3.05, 3.63) is 58.6 Å². The van der Waals surface area contributed by atoms with E-state index in [1.165, 1.54) is 35.5 Å². The molecule has 0 fully saturated rings. The number of nitrogens with zero attached hydrogens (tertiary/aromatic N) is 2. The molecule has 0 saturated heterocycles. The lowest BCUT2D eigenvalue weighted by Gasteiger charge is -2.10. The van der Waals surface area contributed by atoms with Gasteiger partial charge in [0.1, 0.15) is 22.9 Å². The Morgan fingerprint density at radius 3 is 3.00 bits per heavy atom. The molecule has 0 unspecified atom stereocenters. The molecule has 4 rings (SSSR count). The van der Waals surface area contributed by atoms with Crippen LogP contribution in [0.2, 0.25) is 0 Å². The molecule has 0 aliphatic carbocycles. The summed E-state index contributed by atoms with van der Waals surface area (Å²) in [7, 11) is 1.60. The summed E-state index contributed by atoms with van der Waals surface area (Å²) in [5.74, 6) is 0.477. The van der Waals surface area contributed by atoms with E-state index in [1.54, 1.807) is 13.2 Å². The fraction of sp³-hybridized carbons (Fsp3) is 0.150. The normalized spacial score (nSPS) is 11.1. The maximum Gasteiger partial charge on any atom is 0.230 e. The van der Waals surface area contributed by atoms with Crippen LogP contribution in [0.15, 0.2) is 52.2 Å². The summed E-state index contributed by atoms with van der Waals surface area (Å²) in [6.07, 6.45) is 1.41. The smallest absolute Gasteiger partial charge is 0.230 e. The van der Waals surface area contributed by atoms with Crippen LogP contribution < -0.4 is 10.1 Å². The molecule has 2 aromatic carbocycles. The van der Waals surface area contributed by atoms with Gasteiger partial charge in [0.15, 0.2) is 0 Å². The molecule has 0 spiro atoms. The molecule has 4 aromatic rings. The number of thiophene rings is 1. The molecule has 0 radical (unpaired) electrons. The van der Waals surface area contributed by atoms with Gasteiger partial charge in [0, 0.05) is 21.3 Å². The van der Waals surface area contributed by atoms with E-state index in [9.17, 15) is 9.18 Å². The number of methoxy groups -OCH3 is 1. The summed E-state index contributed by atoms with van der Waals surface area (Å²) in [5, 5.41) is 4.07. The number of benzene rings is 2. The first-order valence-electron chi connectivity index (χ1n) is 8.60. The number of ether oxygens (including phenoxy) is 1. The number of halogens is 2. The molecule has 5 nitrogen and oxygen atoms in total. The monoisotopic (exact) mass is 491 g/mol. The first-order valence-corrected chi connectivity index (χ1v) is 11.2. The average Bonchev–Trinajstić information content (AvgIpc) is 3.11. The van der Waals surface area contributed by atoms with Gasteiger partial charge in [0.2, 0.25) is 5.91 Å². The van der Waals surface area contributed by atoms with Gasteiger partial charge in [-0.3, -0.25) is 4.79 Å². The van der Waals surface area contributed by atoms with E-state index in [2.05, 4.69) is 31.2 Å². The number of aromatic nitrogens is 2. The Morgan fingerprint density at radius 1 is 1.31 bits per heavy atom. The van der Waals surface area contributed by atoms with Crippen molar-refractivity contribution in [1.82, 2.24) is 15.3 Å². The molecule has 0 aliphatic rings. The molecule has 0 atom stereocenters. The maximum atomic E-state index is 14.2. The number of nitrogens with one attached hydrogen (secondary N) is 1. The van der Waals surface area contributed by atoms with Crippen molar-refractivity contribution in [2.45, 2.75) is 11.6 Å². The minimum atomic E-state index is -0.302. The van der Waals surface area contributed by atoms with Crippen molar-refractivity contribution in [2.24, 2.45) is 0 Å². The predicted octanol–water partition coefficient (Wildman–Crippen LogP) is 5.16. The second kappa shape index (κ2) is 8.64. The van der Waals surface area contributed by atoms with Gasteiger partial charge in [-0.05, 0) is 30.3 Å². The highest BCUT2D eigenvalue weighted by Crippen LogP contribution is 2.38. The van der Waals surface area contributed by atoms with Gasteiger partial charge in [0.05, 0.1) is 28.5 Å². The first-order chi connectivity index (χ1) is 14.1. The lowest BCUT2D eigenvalue weighted by Crippen LogP contribution is -2.24. The molecule has 1 N–H and O–H groups in total. The van der Waals surface area contributed by atoms with E-state index in [1.807, 2.05) is 24.3 Å². The minimum absolute atomic E-state index is 0.129. The van der Waals surface area contributed by atoms with E-state index < -0.39 is 0 Å². The van der Waals surface area contributed by atoms with Crippen LogP contribution >= 0.6 is 39.0 Å². The number of thioether (sulfide) groups is 1. The topological polar surface area (TPSA) is 64.1 Å². The van der Waals surface area contributed by atoms with E-state index in [0.717, 1.165) is 19.4 Å². The standard InChI is InChI=1S/C20H15BrFN3O2S2/c1-27-14-6-5-12(21)7-11(14)8-23-16(26)9-28-20-19-18(24-10-25-20)17-13(22)3-2-4-15(17)29-19/h2-7,10H,8-9H2,1H3,(H,23,26). The average molecular weight is 492 g/mol. The number of carbonyl (C=O) groups excluding carboxylic acids is 1. The lowest BCUT2D eigenvalue weighted by molar-refractivity contribution is -0.118. The zero-order valence-corrected chi connectivity index (χ0v) is 18.5. The molecule has 9 heteroatoms. The lowest BCUT2D eigenvalue weighted by atomic mass is 10.2. The van der Waals surface area contributed by atoms with E-state index >= 15 is 0 Å². The fourth-order valence-electron chi connectivity index (χ4n) is 2.92. The second-order valence-electron chi connectivity index (χ2n) is 6.09. The van der Waals surface area contributed by atoms with E-state index in [0.29, 0.717) is 28.2 Å². The van der Waals surface area contributed by atoms with Crippen LogP contribution in [0.1, 0.15) is 5.56 Å². The van der Waals surface area contributed by atoms with Crippen molar-refractivity contribution in [3.8, 4) is 5.75 Å². The van der Waals surface area contributed by atoms with Crippen molar-refractivity contribution in [1.29, 1.82) is 0 Å². The van der Waals surface area contributed by atoms with Crippen molar-refractivity contribution >= 4 is 65.2 Å². The summed E-state index contributed by atoms with van der Waals surface area (Å²) < 4.78 is 22.1. The van der Waals surface area contributed by atoms with Crippen LogP contribution in [0.4, 0.5) is 4.39 Å². The molecule has 0 bridgehead atoms. The Hall–Kier alpha value is -2.23. The Labute approximate surface area is 182 Å². The van der Waals surface area contributed by atoms with Gasteiger partial charge in [-0.1, -0.05) is 33.8 Å². The maximum absolute atomic E-state index is 14.2. The zero-order valence-electron chi connectivity index (χ0n) is 15.2. The Bertz CT molecular complexity index is 1220. The van der Waals surface area contributed by atoms with E-state index in [4.69, 9.17) is 4.74 Å². The van der Waals surface area contributed by atoms with Crippen LogP contribution in [0.25, 0.3) is 20.3 Å². The number of carbonyl (C=O) groups is 1. The second-order valence-corrected chi connectivity index (χ2v) is 9.03. The van der Waals surface area contributed by atoms with Gasteiger partial charge in [0.25, 0.3) is 0 Å². The number of rotatable bonds is 6. The summed E-state index contributed by atoms with van der Waals surface area (Å²) in [5.41, 5.74) is 1.46. The molecular weight excluding hydrogens is 477 g/mol. The van der Waals surface area contributed by atoms with Crippen LogP contribution in [0.3, 0.4) is 0 Å². The van der Waals surface area contributed by atoms with Crippen LogP contribution in [0.5, 0.6) is 5.75 Å². The molecule has 1 amide bonds. The Kier molecular flexibility index (Phi) is 5.98. The largest absolute Gasteiger partial charge is 0.496 e. The third kappa shape index (κ3) is 4.22. The van der Waals surface area contributed by atoms with Gasteiger partial charge in [-0.25, -0.2) is 14.4 Å². The summed E-state index contributed by atoms with van der Waals surface area (Å²) in [6, 6.07) is 10.6. The molecule has 2 heterocycles. The summed E-state index contributed by atoms with van der Waals surface area (Å²) in [6.45, 7) is 0.356. The Balaban J connectivity index is 1.47. The fourth-order valence-corrected chi connectivity index (χ4v) is 5.41. The highest BCUT2D eigenvalue weighted by molar-refractivity contribution is 9.10. The van der Waals surface area contributed by atoms with Gasteiger partial charge in [-0.2, -0.15) is 0 Å². The summed E-state index contributed by atoms with van der Waals surface area (Å²) in [4.78, 5) is 20.9. The molecule has 29 heavy (non-hydrogen) atoms. The molecule has 0 aliphatic heterocycles. The third-order valence-electron chi connectivity index (χ3n) is 4.25. The van der Waals surface area contributed by atoms with Crippen molar-refractivity contribution in [3.63, 3.8) is 0 Å². The van der Waals surface area contributed by atoms with Gasteiger partial charge in [-0.15, -0.1) is 11.3 Å². The highest BCUT2D eigenvalue weighted by Gasteiger charge is 2.15. The first kappa shape index (κ1) is 20.1. The predicted molar refractivity (Wildman–Crippen MR) is 118 cm³/mol. The highest BCUT2D eigenvalue weighted by atomic mass is 79.9. The number of fused-ring (bicyclic) bond motifs is 3. The molecule has 2 aromatic heterocycles. The molecular formula is C20H15BrFN3O2S2. The van der Waals surface area contributed by atoms with Gasteiger partial charge >= 0.3 is 0 Å². The van der Waals surface area contributed by atoms with Crippen LogP contribution in [0, 0.1) is 5.82 Å².